The summed E-state index contributed by atoms with van der Waals surface area (Å²) < 4.78 is 11.7. The van der Waals surface area contributed by atoms with Crippen LogP contribution in [0.2, 0.25) is 0 Å². The molecule has 138 valence electrons. The molecule has 0 spiro atoms. The van der Waals surface area contributed by atoms with Crippen molar-refractivity contribution >= 4 is 5.91 Å². The molecule has 1 N–H and O–H groups in total. The number of carbonyl (C=O) groups excluding carboxylic acids is 1. The fourth-order valence-corrected chi connectivity index (χ4v) is 3.12. The Balaban J connectivity index is 1.28. The molecule has 2 aromatic carbocycles. The van der Waals surface area contributed by atoms with E-state index in [2.05, 4.69) is 36.5 Å². The summed E-state index contributed by atoms with van der Waals surface area (Å²) >= 11 is 0. The molecular formula is C22H27NO3. The number of aryl methyl sites for hydroxylation is 2. The number of hydrogen-bond donors (Lipinski definition) is 1. The Morgan fingerprint density at radius 3 is 2.88 bits per heavy atom. The molecule has 1 aliphatic rings. The van der Waals surface area contributed by atoms with Crippen molar-refractivity contribution in [3.05, 3.63) is 59.2 Å². The number of para-hydroxylation sites is 1. The lowest BCUT2D eigenvalue weighted by Crippen LogP contribution is -2.34. The second kappa shape index (κ2) is 8.75. The Morgan fingerprint density at radius 2 is 2.04 bits per heavy atom. The van der Waals surface area contributed by atoms with Crippen molar-refractivity contribution in [1.29, 1.82) is 0 Å². The van der Waals surface area contributed by atoms with Gasteiger partial charge in [-0.15, -0.1) is 0 Å². The maximum Gasteiger partial charge on any atom is 0.220 e. The van der Waals surface area contributed by atoms with Gasteiger partial charge in [0.05, 0.1) is 13.2 Å². The maximum absolute atomic E-state index is 12.0. The zero-order chi connectivity index (χ0) is 18.4. The van der Waals surface area contributed by atoms with Crippen LogP contribution in [0.1, 0.15) is 36.0 Å². The topological polar surface area (TPSA) is 47.6 Å². The van der Waals surface area contributed by atoms with Crippen molar-refractivity contribution in [1.82, 2.24) is 5.32 Å². The third kappa shape index (κ3) is 5.01. The van der Waals surface area contributed by atoms with E-state index in [-0.39, 0.29) is 12.0 Å². The normalized spacial score (nSPS) is 15.2. The SMILES string of the molecule is Cc1ccc(C)c(OCCCCC(=O)NCC2Cc3ccccc3O2)c1. The summed E-state index contributed by atoms with van der Waals surface area (Å²) in [6, 6.07) is 14.3. The highest BCUT2D eigenvalue weighted by molar-refractivity contribution is 5.75. The number of unbranched alkanes of at least 4 members (excludes halogenated alkanes) is 1. The number of benzene rings is 2. The monoisotopic (exact) mass is 353 g/mol. The maximum atomic E-state index is 12.0. The fraction of sp³-hybridized carbons (Fsp3) is 0.409. The van der Waals surface area contributed by atoms with Crippen LogP contribution >= 0.6 is 0 Å². The number of ether oxygens (including phenoxy) is 2. The van der Waals surface area contributed by atoms with E-state index >= 15 is 0 Å². The van der Waals surface area contributed by atoms with Gasteiger partial charge in [-0.3, -0.25) is 4.79 Å². The van der Waals surface area contributed by atoms with Gasteiger partial charge in [0.2, 0.25) is 5.91 Å². The van der Waals surface area contributed by atoms with E-state index in [1.807, 2.05) is 25.1 Å². The molecule has 0 saturated carbocycles. The van der Waals surface area contributed by atoms with Gasteiger partial charge in [-0.25, -0.2) is 0 Å². The predicted molar refractivity (Wildman–Crippen MR) is 103 cm³/mol. The Kier molecular flexibility index (Phi) is 6.16. The molecule has 1 atom stereocenters. The molecule has 4 nitrogen and oxygen atoms in total. The molecule has 1 amide bonds. The second-order valence-electron chi connectivity index (χ2n) is 6.93. The number of nitrogens with one attached hydrogen (secondary N) is 1. The lowest BCUT2D eigenvalue weighted by molar-refractivity contribution is -0.121. The van der Waals surface area contributed by atoms with Crippen LogP contribution in [0.5, 0.6) is 11.5 Å². The van der Waals surface area contributed by atoms with Crippen LogP contribution in [-0.4, -0.2) is 25.2 Å². The second-order valence-corrected chi connectivity index (χ2v) is 6.93. The highest BCUT2D eigenvalue weighted by atomic mass is 16.5. The van der Waals surface area contributed by atoms with Crippen molar-refractivity contribution in [2.24, 2.45) is 0 Å². The molecule has 4 heteroatoms. The van der Waals surface area contributed by atoms with Crippen molar-refractivity contribution in [3.8, 4) is 11.5 Å². The van der Waals surface area contributed by atoms with Gasteiger partial charge >= 0.3 is 0 Å². The van der Waals surface area contributed by atoms with Crippen LogP contribution in [-0.2, 0) is 11.2 Å². The molecule has 0 bridgehead atoms. The van der Waals surface area contributed by atoms with Gasteiger partial charge in [0, 0.05) is 12.8 Å². The van der Waals surface area contributed by atoms with E-state index in [1.54, 1.807) is 0 Å². The van der Waals surface area contributed by atoms with Gasteiger partial charge in [0.1, 0.15) is 17.6 Å². The molecule has 0 saturated heterocycles. The zero-order valence-corrected chi connectivity index (χ0v) is 15.6. The van der Waals surface area contributed by atoms with E-state index < -0.39 is 0 Å². The van der Waals surface area contributed by atoms with E-state index in [4.69, 9.17) is 9.47 Å². The lowest BCUT2D eigenvalue weighted by Gasteiger charge is -2.12. The van der Waals surface area contributed by atoms with Crippen molar-refractivity contribution in [2.45, 2.75) is 45.6 Å². The minimum atomic E-state index is 0.0454. The first-order chi connectivity index (χ1) is 12.6. The van der Waals surface area contributed by atoms with E-state index in [0.29, 0.717) is 19.6 Å². The van der Waals surface area contributed by atoms with E-state index in [1.165, 1.54) is 11.1 Å². The number of hydrogen-bond acceptors (Lipinski definition) is 3. The highest BCUT2D eigenvalue weighted by Crippen LogP contribution is 2.27. The molecule has 1 heterocycles. The predicted octanol–water partition coefficient (Wildman–Crippen LogP) is 3.97. The summed E-state index contributed by atoms with van der Waals surface area (Å²) in [6.45, 7) is 5.31. The summed E-state index contributed by atoms with van der Waals surface area (Å²) in [5.41, 5.74) is 3.56. The molecule has 3 rings (SSSR count). The van der Waals surface area contributed by atoms with Gasteiger partial charge in [-0.05, 0) is 55.5 Å². The molecular weight excluding hydrogens is 326 g/mol. The Bertz CT molecular complexity index is 732. The third-order valence-electron chi connectivity index (χ3n) is 4.64. The molecule has 0 fully saturated rings. The van der Waals surface area contributed by atoms with Gasteiger partial charge in [0.25, 0.3) is 0 Å². The average molecular weight is 353 g/mol. The summed E-state index contributed by atoms with van der Waals surface area (Å²) in [5.74, 6) is 1.96. The Morgan fingerprint density at radius 1 is 1.19 bits per heavy atom. The standard InChI is InChI=1S/C22H27NO3/c1-16-10-11-17(2)21(13-16)25-12-6-5-9-22(24)23-15-19-14-18-7-3-4-8-20(18)26-19/h3-4,7-8,10-11,13,19H,5-6,9,12,14-15H2,1-2H3,(H,23,24). The van der Waals surface area contributed by atoms with Crippen LogP contribution in [0, 0.1) is 13.8 Å². The molecule has 26 heavy (non-hydrogen) atoms. The van der Waals surface area contributed by atoms with Crippen molar-refractivity contribution in [2.75, 3.05) is 13.2 Å². The molecule has 2 aromatic rings. The summed E-state index contributed by atoms with van der Waals surface area (Å²) in [5, 5.41) is 2.98. The molecule has 1 unspecified atom stereocenters. The van der Waals surface area contributed by atoms with E-state index in [0.717, 1.165) is 36.3 Å². The van der Waals surface area contributed by atoms with Crippen molar-refractivity contribution < 1.29 is 14.3 Å². The number of amides is 1. The largest absolute Gasteiger partial charge is 0.493 e. The first-order valence-corrected chi connectivity index (χ1v) is 9.33. The van der Waals surface area contributed by atoms with Gasteiger partial charge in [-0.2, -0.15) is 0 Å². The number of rotatable bonds is 8. The Hall–Kier alpha value is -2.49. The van der Waals surface area contributed by atoms with Crippen molar-refractivity contribution in [3.63, 3.8) is 0 Å². The Labute approximate surface area is 155 Å². The van der Waals surface area contributed by atoms with Crippen LogP contribution in [0.3, 0.4) is 0 Å². The highest BCUT2D eigenvalue weighted by Gasteiger charge is 2.22. The average Bonchev–Trinajstić information content (AvgIpc) is 3.05. The molecule has 0 radical (unpaired) electrons. The van der Waals surface area contributed by atoms with Crippen LogP contribution in [0.15, 0.2) is 42.5 Å². The van der Waals surface area contributed by atoms with Gasteiger partial charge in [0.15, 0.2) is 0 Å². The van der Waals surface area contributed by atoms with E-state index in [9.17, 15) is 4.79 Å². The minimum absolute atomic E-state index is 0.0454. The molecule has 0 aliphatic carbocycles. The van der Waals surface area contributed by atoms with Crippen LogP contribution in [0.25, 0.3) is 0 Å². The van der Waals surface area contributed by atoms with Gasteiger partial charge < -0.3 is 14.8 Å². The zero-order valence-electron chi connectivity index (χ0n) is 15.6. The quantitative estimate of drug-likeness (QED) is 0.731. The number of fused-ring (bicyclic) bond motifs is 1. The third-order valence-corrected chi connectivity index (χ3v) is 4.64. The first kappa shape index (κ1) is 18.3. The first-order valence-electron chi connectivity index (χ1n) is 9.33. The van der Waals surface area contributed by atoms with Crippen LogP contribution in [0.4, 0.5) is 0 Å². The summed E-state index contributed by atoms with van der Waals surface area (Å²) in [6.07, 6.45) is 3.12. The molecule has 0 aromatic heterocycles. The lowest BCUT2D eigenvalue weighted by atomic mass is 10.1. The minimum Gasteiger partial charge on any atom is -0.493 e. The summed E-state index contributed by atoms with van der Waals surface area (Å²) in [4.78, 5) is 12.0. The summed E-state index contributed by atoms with van der Waals surface area (Å²) in [7, 11) is 0. The fourth-order valence-electron chi connectivity index (χ4n) is 3.12. The van der Waals surface area contributed by atoms with Crippen LogP contribution < -0.4 is 14.8 Å². The smallest absolute Gasteiger partial charge is 0.220 e. The molecule has 1 aliphatic heterocycles. The number of carbonyl (C=O) groups is 1. The van der Waals surface area contributed by atoms with Gasteiger partial charge in [-0.1, -0.05) is 30.3 Å².